The lowest BCUT2D eigenvalue weighted by Gasteiger charge is -2.20. The third kappa shape index (κ3) is 3.53. The number of esters is 1. The molecule has 0 aliphatic carbocycles. The molecule has 0 fully saturated rings. The normalized spacial score (nSPS) is 14.9. The summed E-state index contributed by atoms with van der Waals surface area (Å²) in [6, 6.07) is 0. The highest BCUT2D eigenvalue weighted by Gasteiger charge is 2.28. The number of carbonyl (C=O) groups is 1. The van der Waals surface area contributed by atoms with Gasteiger partial charge in [-0.2, -0.15) is 0 Å². The van der Waals surface area contributed by atoms with Gasteiger partial charge in [0, 0.05) is 0 Å². The first kappa shape index (κ1) is 11.2. The summed E-state index contributed by atoms with van der Waals surface area (Å²) < 4.78 is 4.56. The number of allylic oxidation sites excluding steroid dienone is 1. The summed E-state index contributed by atoms with van der Waals surface area (Å²) in [4.78, 5) is 11.1. The Morgan fingerprint density at radius 2 is 2.33 bits per heavy atom. The number of unbranched alkanes of at least 4 members (excludes halogenated alkanes) is 1. The molecule has 0 spiro atoms. The molecule has 3 nitrogen and oxygen atoms in total. The van der Waals surface area contributed by atoms with E-state index in [4.69, 9.17) is 5.73 Å². The Labute approximate surface area is 73.6 Å². The summed E-state index contributed by atoms with van der Waals surface area (Å²) in [5, 5.41) is 0. The van der Waals surface area contributed by atoms with Crippen LogP contribution in [0.3, 0.4) is 0 Å². The first-order chi connectivity index (χ1) is 5.54. The van der Waals surface area contributed by atoms with Crippen molar-refractivity contribution in [1.29, 1.82) is 0 Å². The van der Waals surface area contributed by atoms with E-state index in [-0.39, 0.29) is 5.97 Å². The Morgan fingerprint density at radius 1 is 1.75 bits per heavy atom. The van der Waals surface area contributed by atoms with Crippen LogP contribution in [0.15, 0.2) is 12.7 Å². The molecule has 12 heavy (non-hydrogen) atoms. The molecule has 0 radical (unpaired) electrons. The highest BCUT2D eigenvalue weighted by Crippen LogP contribution is 2.12. The molecule has 0 heterocycles. The van der Waals surface area contributed by atoms with E-state index in [2.05, 4.69) is 11.3 Å². The molecule has 0 bridgehead atoms. The fraction of sp³-hybridized carbons (Fsp3) is 0.667. The molecule has 0 aliphatic rings. The maximum Gasteiger partial charge on any atom is 0.325 e. The van der Waals surface area contributed by atoms with Crippen LogP contribution in [0.5, 0.6) is 0 Å². The van der Waals surface area contributed by atoms with Crippen molar-refractivity contribution in [1.82, 2.24) is 0 Å². The highest BCUT2D eigenvalue weighted by atomic mass is 16.5. The van der Waals surface area contributed by atoms with Gasteiger partial charge in [0.25, 0.3) is 0 Å². The van der Waals surface area contributed by atoms with Gasteiger partial charge in [-0.15, -0.1) is 6.58 Å². The predicted octanol–water partition coefficient (Wildman–Crippen LogP) is 1.23. The fourth-order valence-corrected chi connectivity index (χ4v) is 0.949. The second-order valence-electron chi connectivity index (χ2n) is 3.09. The molecule has 0 aromatic carbocycles. The molecule has 70 valence electrons. The monoisotopic (exact) mass is 171 g/mol. The molecule has 2 N–H and O–H groups in total. The number of hydrogen-bond acceptors (Lipinski definition) is 3. The topological polar surface area (TPSA) is 52.3 Å². The van der Waals surface area contributed by atoms with Crippen LogP contribution in [0.2, 0.25) is 0 Å². The summed E-state index contributed by atoms with van der Waals surface area (Å²) in [7, 11) is 1.35. The maximum absolute atomic E-state index is 11.1. The van der Waals surface area contributed by atoms with Gasteiger partial charge in [0.15, 0.2) is 0 Å². The summed E-state index contributed by atoms with van der Waals surface area (Å²) in [5.41, 5.74) is 4.85. The molecule has 0 saturated heterocycles. The van der Waals surface area contributed by atoms with Crippen LogP contribution in [0.1, 0.15) is 26.2 Å². The van der Waals surface area contributed by atoms with E-state index in [1.807, 2.05) is 6.08 Å². The van der Waals surface area contributed by atoms with Gasteiger partial charge in [0.1, 0.15) is 5.54 Å². The second kappa shape index (κ2) is 4.93. The molecule has 1 atom stereocenters. The van der Waals surface area contributed by atoms with Crippen molar-refractivity contribution in [2.24, 2.45) is 5.73 Å². The van der Waals surface area contributed by atoms with Gasteiger partial charge >= 0.3 is 5.97 Å². The van der Waals surface area contributed by atoms with E-state index >= 15 is 0 Å². The fourth-order valence-electron chi connectivity index (χ4n) is 0.949. The largest absolute Gasteiger partial charge is 0.468 e. The molecule has 0 amide bonds. The van der Waals surface area contributed by atoms with Crippen molar-refractivity contribution in [3.05, 3.63) is 12.7 Å². The van der Waals surface area contributed by atoms with Crippen molar-refractivity contribution >= 4 is 5.97 Å². The zero-order chi connectivity index (χ0) is 9.61. The summed E-state index contributed by atoms with van der Waals surface area (Å²) in [6.07, 6.45) is 4.19. The lowest BCUT2D eigenvalue weighted by atomic mass is 9.96. The number of carbonyl (C=O) groups excluding carboxylic acids is 1. The van der Waals surface area contributed by atoms with Gasteiger partial charge in [-0.25, -0.2) is 0 Å². The highest BCUT2D eigenvalue weighted by molar-refractivity contribution is 5.79. The van der Waals surface area contributed by atoms with Crippen molar-refractivity contribution in [3.63, 3.8) is 0 Å². The van der Waals surface area contributed by atoms with E-state index in [1.54, 1.807) is 6.92 Å². The minimum absolute atomic E-state index is 0.355. The van der Waals surface area contributed by atoms with Gasteiger partial charge < -0.3 is 10.5 Å². The van der Waals surface area contributed by atoms with Crippen molar-refractivity contribution in [2.45, 2.75) is 31.7 Å². The quantitative estimate of drug-likeness (QED) is 0.384. The van der Waals surface area contributed by atoms with Crippen LogP contribution >= 0.6 is 0 Å². The lowest BCUT2D eigenvalue weighted by Crippen LogP contribution is -2.45. The molecule has 0 rings (SSSR count). The number of methoxy groups -OCH3 is 1. The number of nitrogens with two attached hydrogens (primary N) is 1. The third-order valence-electron chi connectivity index (χ3n) is 1.76. The van der Waals surface area contributed by atoms with Gasteiger partial charge in [0.05, 0.1) is 7.11 Å². The van der Waals surface area contributed by atoms with E-state index in [9.17, 15) is 4.79 Å². The van der Waals surface area contributed by atoms with E-state index in [0.29, 0.717) is 6.42 Å². The first-order valence-electron chi connectivity index (χ1n) is 4.03. The SMILES string of the molecule is C=CCCC[C@@](C)(N)C(=O)OC. The molecule has 0 aromatic rings. The number of hydrogen-bond donors (Lipinski definition) is 1. The van der Waals surface area contributed by atoms with Crippen molar-refractivity contribution in [2.75, 3.05) is 7.11 Å². The van der Waals surface area contributed by atoms with E-state index < -0.39 is 5.54 Å². The Bertz CT molecular complexity index is 164. The van der Waals surface area contributed by atoms with Crippen LogP contribution in [-0.4, -0.2) is 18.6 Å². The Morgan fingerprint density at radius 3 is 2.75 bits per heavy atom. The standard InChI is InChI=1S/C9H17NO2/c1-4-5-6-7-9(2,10)8(11)12-3/h4H,1,5-7,10H2,2-3H3/t9-/m1/s1. The lowest BCUT2D eigenvalue weighted by molar-refractivity contribution is -0.146. The summed E-state index contributed by atoms with van der Waals surface area (Å²) in [5.74, 6) is -0.355. The molecule has 0 saturated carbocycles. The Kier molecular flexibility index (Phi) is 4.59. The Hall–Kier alpha value is -0.830. The van der Waals surface area contributed by atoms with E-state index in [0.717, 1.165) is 12.8 Å². The average Bonchev–Trinajstić information content (AvgIpc) is 2.03. The average molecular weight is 171 g/mol. The molecular weight excluding hydrogens is 154 g/mol. The van der Waals surface area contributed by atoms with Crippen LogP contribution < -0.4 is 5.73 Å². The number of ether oxygens (including phenoxy) is 1. The van der Waals surface area contributed by atoms with Gasteiger partial charge in [0.2, 0.25) is 0 Å². The second-order valence-corrected chi connectivity index (χ2v) is 3.09. The zero-order valence-corrected chi connectivity index (χ0v) is 7.80. The van der Waals surface area contributed by atoms with Gasteiger partial charge in [-0.05, 0) is 26.2 Å². The molecule has 3 heteroatoms. The van der Waals surface area contributed by atoms with Crippen molar-refractivity contribution < 1.29 is 9.53 Å². The van der Waals surface area contributed by atoms with E-state index in [1.165, 1.54) is 7.11 Å². The molecular formula is C9H17NO2. The van der Waals surface area contributed by atoms with Crippen LogP contribution in [0.4, 0.5) is 0 Å². The van der Waals surface area contributed by atoms with Crippen LogP contribution in [0.25, 0.3) is 0 Å². The van der Waals surface area contributed by atoms with Gasteiger partial charge in [-0.1, -0.05) is 6.08 Å². The minimum Gasteiger partial charge on any atom is -0.468 e. The summed E-state index contributed by atoms with van der Waals surface area (Å²) >= 11 is 0. The predicted molar refractivity (Wildman–Crippen MR) is 48.7 cm³/mol. The zero-order valence-electron chi connectivity index (χ0n) is 7.80. The number of rotatable bonds is 5. The first-order valence-corrected chi connectivity index (χ1v) is 4.03. The molecule has 0 aromatic heterocycles. The van der Waals surface area contributed by atoms with Crippen LogP contribution in [-0.2, 0) is 9.53 Å². The minimum atomic E-state index is -0.849. The Balaban J connectivity index is 3.86. The van der Waals surface area contributed by atoms with Gasteiger partial charge in [-0.3, -0.25) is 4.79 Å². The summed E-state index contributed by atoms with van der Waals surface area (Å²) in [6.45, 7) is 5.27. The smallest absolute Gasteiger partial charge is 0.325 e. The van der Waals surface area contributed by atoms with Crippen LogP contribution in [0, 0.1) is 0 Å². The third-order valence-corrected chi connectivity index (χ3v) is 1.76. The maximum atomic E-state index is 11.1. The molecule has 0 unspecified atom stereocenters. The van der Waals surface area contributed by atoms with Crippen molar-refractivity contribution in [3.8, 4) is 0 Å². The molecule has 0 aliphatic heterocycles.